The summed E-state index contributed by atoms with van der Waals surface area (Å²) in [5.74, 6) is -2.05. The Morgan fingerprint density at radius 3 is 2.53 bits per heavy atom. The average Bonchev–Trinajstić information content (AvgIpc) is 3.31. The lowest BCUT2D eigenvalue weighted by molar-refractivity contribution is -0.123. The van der Waals surface area contributed by atoms with Gasteiger partial charge in [-0.1, -0.05) is 18.2 Å². The number of likely N-dealkylation sites (N-methyl/N-ethyl adjacent to an activating group) is 1. The minimum atomic E-state index is -1.09. The standard InChI is InChI=1S/C27H21N5O6/c1-14(24(34)28-2)32-25(35)18-13-16(9-10-19(18)29-27(32)38)22(33)23-30-21(20-8-3-4-11-31(20)23)15-6-5-7-17(12-15)26(36)37/h3-14H,1-2H3,(H,28,34)(H,29,38)(H,36,37)/t14-/m1/s1. The first kappa shape index (κ1) is 24.4. The summed E-state index contributed by atoms with van der Waals surface area (Å²) in [5.41, 5.74) is 0.513. The van der Waals surface area contributed by atoms with E-state index >= 15 is 0 Å². The van der Waals surface area contributed by atoms with Gasteiger partial charge >= 0.3 is 11.7 Å². The summed E-state index contributed by atoms with van der Waals surface area (Å²) in [5, 5.41) is 11.9. The molecule has 0 fully saturated rings. The highest BCUT2D eigenvalue weighted by atomic mass is 16.4. The lowest BCUT2D eigenvalue weighted by Crippen LogP contribution is -2.42. The highest BCUT2D eigenvalue weighted by molar-refractivity contribution is 6.09. The Labute approximate surface area is 214 Å². The smallest absolute Gasteiger partial charge is 0.335 e. The number of hydrogen-bond acceptors (Lipinski definition) is 6. The van der Waals surface area contributed by atoms with Gasteiger partial charge in [0.2, 0.25) is 11.7 Å². The Morgan fingerprint density at radius 2 is 1.79 bits per heavy atom. The van der Waals surface area contributed by atoms with Crippen molar-refractivity contribution < 1.29 is 19.5 Å². The van der Waals surface area contributed by atoms with Crippen LogP contribution < -0.4 is 16.6 Å². The predicted molar refractivity (Wildman–Crippen MR) is 139 cm³/mol. The van der Waals surface area contributed by atoms with E-state index in [2.05, 4.69) is 15.3 Å². The predicted octanol–water partition coefficient (Wildman–Crippen LogP) is 2.24. The third-order valence-electron chi connectivity index (χ3n) is 6.34. The van der Waals surface area contributed by atoms with Crippen LogP contribution in [0.4, 0.5) is 0 Å². The van der Waals surface area contributed by atoms with E-state index in [0.717, 1.165) is 4.57 Å². The molecule has 3 N–H and O–H groups in total. The van der Waals surface area contributed by atoms with Crippen LogP contribution in [0.3, 0.4) is 0 Å². The number of nitrogens with zero attached hydrogens (tertiary/aromatic N) is 3. The van der Waals surface area contributed by atoms with E-state index in [4.69, 9.17) is 0 Å². The summed E-state index contributed by atoms with van der Waals surface area (Å²) >= 11 is 0. The maximum Gasteiger partial charge on any atom is 0.335 e. The highest BCUT2D eigenvalue weighted by Gasteiger charge is 2.23. The number of aromatic amines is 1. The molecule has 0 saturated heterocycles. The molecule has 0 saturated carbocycles. The van der Waals surface area contributed by atoms with E-state index in [1.165, 1.54) is 44.3 Å². The fraction of sp³-hybridized carbons (Fsp3) is 0.111. The van der Waals surface area contributed by atoms with Crippen LogP contribution in [0.2, 0.25) is 0 Å². The van der Waals surface area contributed by atoms with Crippen LogP contribution in [-0.2, 0) is 4.79 Å². The summed E-state index contributed by atoms with van der Waals surface area (Å²) in [6, 6.07) is 14.7. The number of nitrogens with one attached hydrogen (secondary N) is 2. The van der Waals surface area contributed by atoms with Gasteiger partial charge in [0.05, 0.1) is 27.7 Å². The van der Waals surface area contributed by atoms with Crippen molar-refractivity contribution in [3.8, 4) is 11.3 Å². The number of pyridine rings is 1. The zero-order chi connectivity index (χ0) is 27.1. The van der Waals surface area contributed by atoms with Gasteiger partial charge in [0.15, 0.2) is 5.82 Å². The molecular formula is C27H21N5O6. The molecule has 0 spiro atoms. The van der Waals surface area contributed by atoms with Crippen LogP contribution in [0.1, 0.15) is 39.5 Å². The van der Waals surface area contributed by atoms with E-state index < -0.39 is 35.0 Å². The summed E-state index contributed by atoms with van der Waals surface area (Å²) in [6.45, 7) is 1.42. The minimum Gasteiger partial charge on any atom is -0.478 e. The van der Waals surface area contributed by atoms with Crippen molar-refractivity contribution in [1.82, 2.24) is 24.3 Å². The van der Waals surface area contributed by atoms with Gasteiger partial charge in [0.25, 0.3) is 5.56 Å². The number of rotatable bonds is 6. The first-order valence-electron chi connectivity index (χ1n) is 11.6. The number of carboxylic acids is 1. The lowest BCUT2D eigenvalue weighted by Gasteiger charge is -2.13. The number of carbonyl (C=O) groups is 3. The first-order valence-corrected chi connectivity index (χ1v) is 11.6. The third kappa shape index (κ3) is 3.95. The topological polar surface area (TPSA) is 156 Å². The first-order chi connectivity index (χ1) is 18.2. The normalized spacial score (nSPS) is 11.9. The molecule has 5 rings (SSSR count). The summed E-state index contributed by atoms with van der Waals surface area (Å²) in [7, 11) is 1.40. The second-order valence-electron chi connectivity index (χ2n) is 8.61. The zero-order valence-corrected chi connectivity index (χ0v) is 20.3. The Morgan fingerprint density at radius 1 is 1.00 bits per heavy atom. The Bertz CT molecular complexity index is 1900. The number of amides is 1. The van der Waals surface area contributed by atoms with E-state index in [0.29, 0.717) is 16.8 Å². The fourth-order valence-electron chi connectivity index (χ4n) is 4.39. The number of aromatic nitrogens is 4. The number of benzene rings is 2. The molecule has 1 atom stereocenters. The van der Waals surface area contributed by atoms with Gasteiger partial charge in [-0.05, 0) is 49.4 Å². The molecule has 38 heavy (non-hydrogen) atoms. The number of carboxylic acid groups (broad SMARTS) is 1. The largest absolute Gasteiger partial charge is 0.478 e. The number of carbonyl (C=O) groups excluding carboxylic acids is 2. The second kappa shape index (κ2) is 9.28. The molecule has 0 aliphatic carbocycles. The van der Waals surface area contributed by atoms with Gasteiger partial charge in [-0.2, -0.15) is 0 Å². The molecule has 3 aromatic heterocycles. The number of fused-ring (bicyclic) bond motifs is 2. The van der Waals surface area contributed by atoms with Crippen molar-refractivity contribution in [3.63, 3.8) is 0 Å². The molecule has 5 aromatic rings. The van der Waals surface area contributed by atoms with Crippen molar-refractivity contribution in [1.29, 1.82) is 0 Å². The van der Waals surface area contributed by atoms with E-state index in [-0.39, 0.29) is 27.9 Å². The van der Waals surface area contributed by atoms with Crippen molar-refractivity contribution in [2.45, 2.75) is 13.0 Å². The minimum absolute atomic E-state index is 0.0548. The number of aromatic carboxylic acids is 1. The molecule has 0 aliphatic heterocycles. The van der Waals surface area contributed by atoms with Crippen LogP contribution in [0.25, 0.3) is 27.7 Å². The number of hydrogen-bond donors (Lipinski definition) is 3. The van der Waals surface area contributed by atoms with Crippen molar-refractivity contribution in [2.24, 2.45) is 0 Å². The van der Waals surface area contributed by atoms with E-state index in [1.54, 1.807) is 40.9 Å². The van der Waals surface area contributed by atoms with Crippen molar-refractivity contribution in [3.05, 3.63) is 105 Å². The average molecular weight is 511 g/mol. The zero-order valence-electron chi connectivity index (χ0n) is 20.3. The molecule has 0 bridgehead atoms. The van der Waals surface area contributed by atoms with Crippen LogP contribution in [0.15, 0.2) is 76.4 Å². The molecule has 190 valence electrons. The lowest BCUT2D eigenvalue weighted by atomic mass is 10.1. The molecule has 11 heteroatoms. The number of H-pyrrole nitrogens is 1. The molecule has 1 amide bonds. The van der Waals surface area contributed by atoms with Crippen molar-refractivity contribution >= 4 is 34.1 Å². The summed E-state index contributed by atoms with van der Waals surface area (Å²) < 4.78 is 2.39. The number of imidazole rings is 1. The SMILES string of the molecule is CNC(=O)[C@@H](C)n1c(=O)[nH]c2ccc(C(=O)c3nc(-c4cccc(C(=O)O)c4)c4ccccn34)cc2c1=O. The molecule has 11 nitrogen and oxygen atoms in total. The summed E-state index contributed by atoms with van der Waals surface area (Å²) in [6.07, 6.45) is 1.66. The maximum absolute atomic E-state index is 13.7. The summed E-state index contributed by atoms with van der Waals surface area (Å²) in [4.78, 5) is 70.1. The van der Waals surface area contributed by atoms with Crippen LogP contribution in [-0.4, -0.2) is 48.7 Å². The van der Waals surface area contributed by atoms with Crippen molar-refractivity contribution in [2.75, 3.05) is 7.05 Å². The van der Waals surface area contributed by atoms with Gasteiger partial charge in [0.1, 0.15) is 6.04 Å². The van der Waals surface area contributed by atoms with Gasteiger partial charge in [-0.25, -0.2) is 19.1 Å². The van der Waals surface area contributed by atoms with Gasteiger partial charge in [-0.3, -0.25) is 18.8 Å². The van der Waals surface area contributed by atoms with E-state index in [9.17, 15) is 29.1 Å². The van der Waals surface area contributed by atoms with Gasteiger partial charge < -0.3 is 15.4 Å². The third-order valence-corrected chi connectivity index (χ3v) is 6.34. The number of ketones is 1. The van der Waals surface area contributed by atoms with Crippen LogP contribution in [0, 0.1) is 0 Å². The van der Waals surface area contributed by atoms with Crippen LogP contribution >= 0.6 is 0 Å². The molecule has 2 aromatic carbocycles. The molecular weight excluding hydrogens is 490 g/mol. The quantitative estimate of drug-likeness (QED) is 0.295. The van der Waals surface area contributed by atoms with Crippen LogP contribution in [0.5, 0.6) is 0 Å². The Balaban J connectivity index is 1.66. The molecule has 0 unspecified atom stereocenters. The second-order valence-corrected chi connectivity index (χ2v) is 8.61. The maximum atomic E-state index is 13.7. The fourth-order valence-corrected chi connectivity index (χ4v) is 4.39. The highest BCUT2D eigenvalue weighted by Crippen LogP contribution is 2.27. The van der Waals surface area contributed by atoms with E-state index in [1.807, 2.05) is 0 Å². The molecule has 0 radical (unpaired) electrons. The monoisotopic (exact) mass is 511 g/mol. The molecule has 3 heterocycles. The van der Waals surface area contributed by atoms with Gasteiger partial charge in [0, 0.05) is 24.4 Å². The van der Waals surface area contributed by atoms with Gasteiger partial charge in [-0.15, -0.1) is 0 Å². The molecule has 0 aliphatic rings. The Kier molecular flexibility index (Phi) is 5.95. The Hall–Kier alpha value is -5.32.